The van der Waals surface area contributed by atoms with E-state index in [1.165, 1.54) is 5.56 Å². The van der Waals surface area contributed by atoms with Crippen LogP contribution in [0.25, 0.3) is 0 Å². The molecular weight excluding hydrogens is 250 g/mol. The van der Waals surface area contributed by atoms with Gasteiger partial charge >= 0.3 is 0 Å². The summed E-state index contributed by atoms with van der Waals surface area (Å²) < 4.78 is 4.27. The lowest BCUT2D eigenvalue weighted by atomic mass is 9.98. The summed E-state index contributed by atoms with van der Waals surface area (Å²) in [6, 6.07) is 10.6. The van der Waals surface area contributed by atoms with Crippen LogP contribution in [0.2, 0.25) is 0 Å². The van der Waals surface area contributed by atoms with Crippen LogP contribution in [-0.2, 0) is 19.5 Å². The molecule has 20 heavy (non-hydrogen) atoms. The van der Waals surface area contributed by atoms with Gasteiger partial charge in [-0.25, -0.2) is 4.98 Å². The number of benzene rings is 1. The van der Waals surface area contributed by atoms with Crippen molar-refractivity contribution in [2.24, 2.45) is 0 Å². The molecule has 0 bridgehead atoms. The van der Waals surface area contributed by atoms with Crippen molar-refractivity contribution in [3.8, 4) is 0 Å². The second kappa shape index (κ2) is 4.59. The lowest BCUT2D eigenvalue weighted by Gasteiger charge is -2.10. The Labute approximate surface area is 116 Å². The summed E-state index contributed by atoms with van der Waals surface area (Å²) in [5, 5.41) is 8.64. The fraction of sp³-hybridized carbons (Fsp3) is 0.267. The molecule has 2 aromatic heterocycles. The lowest BCUT2D eigenvalue weighted by Crippen LogP contribution is -2.08. The van der Waals surface area contributed by atoms with Crippen LogP contribution in [-0.4, -0.2) is 24.3 Å². The Morgan fingerprint density at radius 2 is 2.05 bits per heavy atom. The highest BCUT2D eigenvalue weighted by Crippen LogP contribution is 2.29. The predicted octanol–water partition coefficient (Wildman–Crippen LogP) is 1.86. The van der Waals surface area contributed by atoms with Crippen molar-refractivity contribution < 1.29 is 0 Å². The van der Waals surface area contributed by atoms with E-state index in [1.807, 2.05) is 17.1 Å². The van der Waals surface area contributed by atoms with E-state index in [-0.39, 0.29) is 0 Å². The Kier molecular flexibility index (Phi) is 2.62. The van der Waals surface area contributed by atoms with E-state index < -0.39 is 0 Å². The van der Waals surface area contributed by atoms with Crippen LogP contribution < -0.4 is 0 Å². The smallest absolute Gasteiger partial charge is 0.153 e. The third-order valence-electron chi connectivity index (χ3n) is 3.89. The van der Waals surface area contributed by atoms with Gasteiger partial charge in [0.25, 0.3) is 0 Å². The molecule has 100 valence electrons. The summed E-state index contributed by atoms with van der Waals surface area (Å²) in [5.41, 5.74) is 1.38. The Bertz CT molecular complexity index is 699. The van der Waals surface area contributed by atoms with Crippen LogP contribution in [0.1, 0.15) is 23.1 Å². The zero-order chi connectivity index (χ0) is 13.4. The van der Waals surface area contributed by atoms with Crippen molar-refractivity contribution in [1.82, 2.24) is 24.3 Å². The second-order valence-electron chi connectivity index (χ2n) is 5.19. The molecule has 3 aromatic rings. The minimum atomic E-state index is 0.517. The van der Waals surface area contributed by atoms with Crippen LogP contribution in [0.15, 0.2) is 49.1 Å². The zero-order valence-corrected chi connectivity index (χ0v) is 11.1. The van der Waals surface area contributed by atoms with Crippen molar-refractivity contribution in [2.45, 2.75) is 25.4 Å². The molecule has 1 atom stereocenters. The van der Waals surface area contributed by atoms with E-state index in [0.717, 1.165) is 31.2 Å². The maximum atomic E-state index is 4.33. The molecule has 0 fully saturated rings. The zero-order valence-electron chi connectivity index (χ0n) is 11.1. The minimum Gasteiger partial charge on any atom is -0.330 e. The fourth-order valence-corrected chi connectivity index (χ4v) is 2.85. The summed E-state index contributed by atoms with van der Waals surface area (Å²) in [4.78, 5) is 4.06. The third-order valence-corrected chi connectivity index (χ3v) is 3.89. The summed E-state index contributed by atoms with van der Waals surface area (Å²) >= 11 is 0. The average Bonchev–Trinajstić information content (AvgIpc) is 3.19. The van der Waals surface area contributed by atoms with Crippen molar-refractivity contribution >= 4 is 0 Å². The molecule has 1 unspecified atom stereocenters. The van der Waals surface area contributed by atoms with Gasteiger partial charge < -0.3 is 9.13 Å². The Hall–Kier alpha value is -2.43. The summed E-state index contributed by atoms with van der Waals surface area (Å²) in [6.07, 6.45) is 6.52. The van der Waals surface area contributed by atoms with E-state index in [0.29, 0.717) is 5.92 Å². The van der Waals surface area contributed by atoms with Crippen LogP contribution in [0.3, 0.4) is 0 Å². The van der Waals surface area contributed by atoms with E-state index in [4.69, 9.17) is 0 Å². The normalized spacial score (nSPS) is 17.3. The van der Waals surface area contributed by atoms with Gasteiger partial charge in [-0.1, -0.05) is 30.3 Å². The van der Waals surface area contributed by atoms with Gasteiger partial charge in [0.1, 0.15) is 5.82 Å². The first-order chi connectivity index (χ1) is 9.90. The molecule has 0 N–H and O–H groups in total. The van der Waals surface area contributed by atoms with Gasteiger partial charge in [-0.15, -0.1) is 10.2 Å². The molecular formula is C15H15N5. The summed E-state index contributed by atoms with van der Waals surface area (Å²) in [5.74, 6) is 2.62. The van der Waals surface area contributed by atoms with Gasteiger partial charge in [-0.2, -0.15) is 0 Å². The average molecular weight is 265 g/mol. The van der Waals surface area contributed by atoms with Gasteiger partial charge in [0, 0.05) is 31.3 Å². The van der Waals surface area contributed by atoms with E-state index in [9.17, 15) is 0 Å². The molecule has 1 aliphatic heterocycles. The molecule has 1 aliphatic rings. The van der Waals surface area contributed by atoms with Crippen molar-refractivity contribution in [1.29, 1.82) is 0 Å². The molecule has 5 nitrogen and oxygen atoms in total. The van der Waals surface area contributed by atoms with Crippen LogP contribution in [0.4, 0.5) is 0 Å². The van der Waals surface area contributed by atoms with Gasteiger partial charge in [0.15, 0.2) is 5.82 Å². The van der Waals surface area contributed by atoms with E-state index in [2.05, 4.69) is 50.1 Å². The van der Waals surface area contributed by atoms with Crippen molar-refractivity contribution in [3.63, 3.8) is 0 Å². The summed E-state index contributed by atoms with van der Waals surface area (Å²) in [7, 11) is 0. The molecule has 0 amide bonds. The molecule has 1 aromatic carbocycles. The highest BCUT2D eigenvalue weighted by molar-refractivity contribution is 5.23. The van der Waals surface area contributed by atoms with Crippen molar-refractivity contribution in [2.75, 3.05) is 0 Å². The number of hydrogen-bond donors (Lipinski definition) is 0. The maximum absolute atomic E-state index is 4.33. The van der Waals surface area contributed by atoms with Crippen LogP contribution >= 0.6 is 0 Å². The number of nitrogens with zero attached hydrogens (tertiary/aromatic N) is 5. The van der Waals surface area contributed by atoms with Gasteiger partial charge in [0.05, 0.1) is 12.9 Å². The highest BCUT2D eigenvalue weighted by atomic mass is 15.3. The summed E-state index contributed by atoms with van der Waals surface area (Å²) in [6.45, 7) is 1.70. The molecule has 5 heteroatoms. The molecule has 4 rings (SSSR count). The Morgan fingerprint density at radius 1 is 1.15 bits per heavy atom. The topological polar surface area (TPSA) is 48.5 Å². The highest BCUT2D eigenvalue weighted by Gasteiger charge is 2.26. The number of hydrogen-bond acceptors (Lipinski definition) is 3. The third kappa shape index (κ3) is 1.91. The van der Waals surface area contributed by atoms with Gasteiger partial charge in [-0.3, -0.25) is 0 Å². The quantitative estimate of drug-likeness (QED) is 0.726. The Morgan fingerprint density at radius 3 is 2.85 bits per heavy atom. The van der Waals surface area contributed by atoms with Crippen LogP contribution in [0.5, 0.6) is 0 Å². The molecule has 0 radical (unpaired) electrons. The molecule has 0 aliphatic carbocycles. The standard InChI is InChI=1S/C15H15N5/c1-2-4-12(5-3-1)13-8-14-17-18-15(20(14)9-13)10-19-7-6-16-11-19/h1-7,11,13H,8-10H2. The van der Waals surface area contributed by atoms with E-state index in [1.54, 1.807) is 6.20 Å². The molecule has 3 heterocycles. The van der Waals surface area contributed by atoms with Gasteiger partial charge in [0.2, 0.25) is 0 Å². The van der Waals surface area contributed by atoms with Gasteiger partial charge in [-0.05, 0) is 5.56 Å². The number of rotatable bonds is 3. The first kappa shape index (κ1) is 11.4. The first-order valence-electron chi connectivity index (χ1n) is 6.82. The number of aromatic nitrogens is 5. The monoisotopic (exact) mass is 265 g/mol. The second-order valence-corrected chi connectivity index (χ2v) is 5.19. The van der Waals surface area contributed by atoms with Crippen molar-refractivity contribution in [3.05, 3.63) is 66.3 Å². The number of imidazole rings is 1. The number of fused-ring (bicyclic) bond motifs is 1. The van der Waals surface area contributed by atoms with E-state index >= 15 is 0 Å². The molecule has 0 saturated carbocycles. The fourth-order valence-electron chi connectivity index (χ4n) is 2.85. The van der Waals surface area contributed by atoms with Crippen LogP contribution in [0, 0.1) is 0 Å². The minimum absolute atomic E-state index is 0.517. The Balaban J connectivity index is 1.58. The largest absolute Gasteiger partial charge is 0.330 e. The lowest BCUT2D eigenvalue weighted by molar-refractivity contribution is 0.600. The first-order valence-corrected chi connectivity index (χ1v) is 6.82. The SMILES string of the molecule is c1ccc(C2Cc3nnc(Cn4ccnc4)n3C2)cc1. The predicted molar refractivity (Wildman–Crippen MR) is 74.2 cm³/mol. The molecule has 0 spiro atoms. The maximum Gasteiger partial charge on any atom is 0.153 e. The molecule has 0 saturated heterocycles.